The summed E-state index contributed by atoms with van der Waals surface area (Å²) in [7, 11) is 0. The van der Waals surface area contributed by atoms with Crippen LogP contribution in [0.1, 0.15) is 17.5 Å². The maximum atomic E-state index is 12.2. The highest BCUT2D eigenvalue weighted by Gasteiger charge is 2.29. The van der Waals surface area contributed by atoms with E-state index in [4.69, 9.17) is 5.90 Å². The van der Waals surface area contributed by atoms with Crippen molar-refractivity contribution in [1.29, 1.82) is 0 Å². The van der Waals surface area contributed by atoms with Crippen LogP contribution in [0.5, 0.6) is 0 Å². The Morgan fingerprint density at radius 2 is 1.73 bits per heavy atom. The first-order chi connectivity index (χ1) is 7.04. The zero-order chi connectivity index (χ0) is 11.3. The highest BCUT2D eigenvalue weighted by Crippen LogP contribution is 2.29. The van der Waals surface area contributed by atoms with Crippen molar-refractivity contribution in [3.63, 3.8) is 0 Å². The van der Waals surface area contributed by atoms with Crippen LogP contribution < -0.4 is 5.90 Å². The lowest BCUT2D eigenvalue weighted by Gasteiger charge is -2.07. The first-order valence-corrected chi connectivity index (χ1v) is 4.52. The SMILES string of the molecule is NOCCCc1ccc(C(F)(F)F)cc1. The van der Waals surface area contributed by atoms with E-state index in [2.05, 4.69) is 4.84 Å². The predicted molar refractivity (Wildman–Crippen MR) is 49.9 cm³/mol. The summed E-state index contributed by atoms with van der Waals surface area (Å²) in [6.07, 6.45) is -2.91. The molecule has 0 aliphatic carbocycles. The molecule has 2 nitrogen and oxygen atoms in total. The second-order valence-electron chi connectivity index (χ2n) is 3.17. The van der Waals surface area contributed by atoms with E-state index in [9.17, 15) is 13.2 Å². The number of benzene rings is 1. The summed E-state index contributed by atoms with van der Waals surface area (Å²) in [6.45, 7) is 0.404. The average molecular weight is 219 g/mol. The molecule has 0 spiro atoms. The minimum atomic E-state index is -4.26. The van der Waals surface area contributed by atoms with Crippen molar-refractivity contribution in [3.05, 3.63) is 35.4 Å². The van der Waals surface area contributed by atoms with Gasteiger partial charge in [-0.2, -0.15) is 13.2 Å². The van der Waals surface area contributed by atoms with Crippen LogP contribution in [0.2, 0.25) is 0 Å². The first kappa shape index (κ1) is 12.0. The van der Waals surface area contributed by atoms with Gasteiger partial charge in [-0.05, 0) is 30.5 Å². The van der Waals surface area contributed by atoms with Crippen LogP contribution in [0.3, 0.4) is 0 Å². The lowest BCUT2D eigenvalue weighted by Crippen LogP contribution is -2.05. The topological polar surface area (TPSA) is 35.2 Å². The van der Waals surface area contributed by atoms with E-state index in [1.54, 1.807) is 0 Å². The molecule has 1 rings (SSSR count). The molecule has 0 amide bonds. The number of nitrogens with two attached hydrogens (primary N) is 1. The standard InChI is InChI=1S/C10H12F3NO/c11-10(12,13)9-5-3-8(4-6-9)2-1-7-15-14/h3-6H,1-2,7,14H2. The van der Waals surface area contributed by atoms with E-state index in [-0.39, 0.29) is 0 Å². The highest BCUT2D eigenvalue weighted by atomic mass is 19.4. The van der Waals surface area contributed by atoms with Gasteiger partial charge in [0.25, 0.3) is 0 Å². The quantitative estimate of drug-likeness (QED) is 0.623. The van der Waals surface area contributed by atoms with Gasteiger partial charge in [-0.3, -0.25) is 0 Å². The molecule has 0 saturated carbocycles. The summed E-state index contributed by atoms with van der Waals surface area (Å²) in [5.74, 6) is 4.83. The summed E-state index contributed by atoms with van der Waals surface area (Å²) in [5, 5.41) is 0. The Bertz CT molecular complexity index is 295. The normalized spacial score (nSPS) is 11.7. The van der Waals surface area contributed by atoms with Crippen LogP contribution in [-0.2, 0) is 17.4 Å². The molecule has 1 aromatic carbocycles. The molecule has 0 aliphatic heterocycles. The summed E-state index contributed by atoms with van der Waals surface area (Å²) in [6, 6.07) is 5.11. The summed E-state index contributed by atoms with van der Waals surface area (Å²) >= 11 is 0. The molecule has 0 aromatic heterocycles. The fourth-order valence-corrected chi connectivity index (χ4v) is 1.22. The molecular weight excluding hydrogens is 207 g/mol. The Kier molecular flexibility index (Phi) is 4.11. The van der Waals surface area contributed by atoms with Gasteiger partial charge in [0, 0.05) is 0 Å². The Morgan fingerprint density at radius 1 is 1.13 bits per heavy atom. The molecule has 84 valence electrons. The largest absolute Gasteiger partial charge is 0.416 e. The molecule has 5 heteroatoms. The number of aryl methyl sites for hydroxylation is 1. The van der Waals surface area contributed by atoms with Crippen LogP contribution in [0, 0.1) is 0 Å². The highest BCUT2D eigenvalue weighted by molar-refractivity contribution is 5.24. The minimum absolute atomic E-state index is 0.404. The molecule has 2 N–H and O–H groups in total. The summed E-state index contributed by atoms with van der Waals surface area (Å²) < 4.78 is 36.6. The maximum Gasteiger partial charge on any atom is 0.416 e. The maximum absolute atomic E-state index is 12.2. The molecule has 0 saturated heterocycles. The van der Waals surface area contributed by atoms with Crippen molar-refractivity contribution < 1.29 is 18.0 Å². The zero-order valence-electron chi connectivity index (χ0n) is 8.05. The van der Waals surface area contributed by atoms with E-state index in [1.807, 2.05) is 0 Å². The molecule has 0 atom stereocenters. The Hall–Kier alpha value is -1.07. The van der Waals surface area contributed by atoms with E-state index in [1.165, 1.54) is 12.1 Å². The lowest BCUT2D eigenvalue weighted by molar-refractivity contribution is -0.137. The van der Waals surface area contributed by atoms with Crippen molar-refractivity contribution in [2.24, 2.45) is 5.90 Å². The van der Waals surface area contributed by atoms with E-state index < -0.39 is 11.7 Å². The van der Waals surface area contributed by atoms with E-state index in [0.717, 1.165) is 17.7 Å². The second kappa shape index (κ2) is 5.14. The molecule has 0 radical (unpaired) electrons. The van der Waals surface area contributed by atoms with Crippen LogP contribution in [-0.4, -0.2) is 6.61 Å². The fraction of sp³-hybridized carbons (Fsp3) is 0.400. The molecule has 0 unspecified atom stereocenters. The predicted octanol–water partition coefficient (Wildman–Crippen LogP) is 2.53. The van der Waals surface area contributed by atoms with Crippen molar-refractivity contribution in [2.45, 2.75) is 19.0 Å². The molecule has 0 fully saturated rings. The van der Waals surface area contributed by atoms with Gasteiger partial charge in [0.2, 0.25) is 0 Å². The lowest BCUT2D eigenvalue weighted by atomic mass is 10.1. The van der Waals surface area contributed by atoms with Gasteiger partial charge in [-0.15, -0.1) is 0 Å². The number of rotatable bonds is 4. The van der Waals surface area contributed by atoms with Gasteiger partial charge >= 0.3 is 6.18 Å². The van der Waals surface area contributed by atoms with Gasteiger partial charge in [0.05, 0.1) is 12.2 Å². The van der Waals surface area contributed by atoms with Crippen LogP contribution in [0.25, 0.3) is 0 Å². The van der Waals surface area contributed by atoms with Gasteiger partial charge in [0.15, 0.2) is 0 Å². The number of hydrogen-bond acceptors (Lipinski definition) is 2. The van der Waals surface area contributed by atoms with Gasteiger partial charge in [-0.1, -0.05) is 12.1 Å². The Labute approximate surface area is 85.8 Å². The molecular formula is C10H12F3NO. The smallest absolute Gasteiger partial charge is 0.305 e. The Balaban J connectivity index is 2.57. The van der Waals surface area contributed by atoms with Gasteiger partial charge < -0.3 is 4.84 Å². The van der Waals surface area contributed by atoms with Crippen molar-refractivity contribution in [2.75, 3.05) is 6.61 Å². The monoisotopic (exact) mass is 219 g/mol. The number of alkyl halides is 3. The Morgan fingerprint density at radius 3 is 2.20 bits per heavy atom. The second-order valence-corrected chi connectivity index (χ2v) is 3.17. The summed E-state index contributed by atoms with van der Waals surface area (Å²) in [5.41, 5.74) is 0.223. The average Bonchev–Trinajstić information content (AvgIpc) is 2.18. The number of hydrogen-bond donors (Lipinski definition) is 1. The van der Waals surface area contributed by atoms with Crippen molar-refractivity contribution in [1.82, 2.24) is 0 Å². The first-order valence-electron chi connectivity index (χ1n) is 4.52. The summed E-state index contributed by atoms with van der Waals surface area (Å²) in [4.78, 5) is 4.36. The van der Waals surface area contributed by atoms with Crippen LogP contribution >= 0.6 is 0 Å². The van der Waals surface area contributed by atoms with Gasteiger partial charge in [-0.25, -0.2) is 5.90 Å². The molecule has 0 aliphatic rings. The molecule has 0 bridgehead atoms. The minimum Gasteiger partial charge on any atom is -0.305 e. The van der Waals surface area contributed by atoms with E-state index in [0.29, 0.717) is 19.4 Å². The zero-order valence-corrected chi connectivity index (χ0v) is 8.05. The third-order valence-corrected chi connectivity index (χ3v) is 2.01. The third kappa shape index (κ3) is 3.89. The molecule has 0 heterocycles. The van der Waals surface area contributed by atoms with Gasteiger partial charge in [0.1, 0.15) is 0 Å². The van der Waals surface area contributed by atoms with E-state index >= 15 is 0 Å². The van der Waals surface area contributed by atoms with Crippen molar-refractivity contribution in [3.8, 4) is 0 Å². The fourth-order valence-electron chi connectivity index (χ4n) is 1.22. The van der Waals surface area contributed by atoms with Crippen LogP contribution in [0.15, 0.2) is 24.3 Å². The third-order valence-electron chi connectivity index (χ3n) is 2.01. The molecule has 15 heavy (non-hydrogen) atoms. The van der Waals surface area contributed by atoms with Crippen LogP contribution in [0.4, 0.5) is 13.2 Å². The van der Waals surface area contributed by atoms with Crippen molar-refractivity contribution >= 4 is 0 Å². The molecule has 1 aromatic rings. The number of halogens is 3.